The van der Waals surface area contributed by atoms with Crippen molar-refractivity contribution in [2.45, 2.75) is 117 Å². The van der Waals surface area contributed by atoms with E-state index in [0.717, 1.165) is 37.0 Å². The Morgan fingerprint density at radius 1 is 1.00 bits per heavy atom. The van der Waals surface area contributed by atoms with Gasteiger partial charge < -0.3 is 4.74 Å². The molecule has 0 aromatic heterocycles. The molecule has 4 heteroatoms. The Balaban J connectivity index is 1.53. The summed E-state index contributed by atoms with van der Waals surface area (Å²) in [5, 5.41) is 0. The zero-order valence-electron chi connectivity index (χ0n) is 21.9. The van der Waals surface area contributed by atoms with Gasteiger partial charge in [0.05, 0.1) is 4.83 Å². The van der Waals surface area contributed by atoms with Gasteiger partial charge in [-0.3, -0.25) is 9.59 Å². The van der Waals surface area contributed by atoms with Crippen LogP contribution in [-0.4, -0.2) is 22.7 Å². The maximum atomic E-state index is 13.9. The minimum absolute atomic E-state index is 0.0265. The summed E-state index contributed by atoms with van der Waals surface area (Å²) in [6.07, 6.45) is 11.9. The van der Waals surface area contributed by atoms with Crippen molar-refractivity contribution in [3.63, 3.8) is 0 Å². The molecule has 0 spiro atoms. The topological polar surface area (TPSA) is 43.4 Å². The molecule has 10 atom stereocenters. The monoisotopic (exact) mass is 522 g/mol. The van der Waals surface area contributed by atoms with Crippen LogP contribution in [0.25, 0.3) is 0 Å². The third-order valence-electron chi connectivity index (χ3n) is 11.0. The first-order valence-corrected chi connectivity index (χ1v) is 14.8. The molecule has 4 rings (SSSR count). The number of fused-ring (bicyclic) bond motifs is 5. The first-order chi connectivity index (χ1) is 15.5. The van der Waals surface area contributed by atoms with E-state index in [9.17, 15) is 9.59 Å². The van der Waals surface area contributed by atoms with E-state index in [-0.39, 0.29) is 34.2 Å². The van der Waals surface area contributed by atoms with Gasteiger partial charge in [0, 0.05) is 12.8 Å². The van der Waals surface area contributed by atoms with Crippen LogP contribution in [0.15, 0.2) is 0 Å². The predicted octanol–water partition coefficient (Wildman–Crippen LogP) is 7.59. The summed E-state index contributed by atoms with van der Waals surface area (Å²) in [5.41, 5.74) is 0.491. The Labute approximate surface area is 210 Å². The highest BCUT2D eigenvalue weighted by atomic mass is 79.9. The molecule has 4 fully saturated rings. The fourth-order valence-corrected chi connectivity index (χ4v) is 10.4. The van der Waals surface area contributed by atoms with Gasteiger partial charge in [-0.1, -0.05) is 69.8 Å². The molecule has 0 unspecified atom stereocenters. The van der Waals surface area contributed by atoms with Gasteiger partial charge in [0.25, 0.3) is 0 Å². The van der Waals surface area contributed by atoms with Crippen LogP contribution in [0.2, 0.25) is 0 Å². The molecule has 0 aromatic rings. The molecule has 0 aromatic carbocycles. The second-order valence-corrected chi connectivity index (χ2v) is 14.2. The zero-order chi connectivity index (χ0) is 24.1. The van der Waals surface area contributed by atoms with E-state index in [1.54, 1.807) is 0 Å². The van der Waals surface area contributed by atoms with Crippen LogP contribution >= 0.6 is 15.9 Å². The lowest BCUT2D eigenvalue weighted by Crippen LogP contribution is -2.61. The number of halogens is 1. The van der Waals surface area contributed by atoms with Gasteiger partial charge >= 0.3 is 5.97 Å². The molecule has 0 saturated heterocycles. The van der Waals surface area contributed by atoms with Crippen LogP contribution in [0.3, 0.4) is 0 Å². The molecule has 33 heavy (non-hydrogen) atoms. The summed E-state index contributed by atoms with van der Waals surface area (Å²) >= 11 is 3.90. The van der Waals surface area contributed by atoms with Crippen molar-refractivity contribution in [2.75, 3.05) is 0 Å². The van der Waals surface area contributed by atoms with Crippen LogP contribution in [-0.2, 0) is 14.3 Å². The smallest absolute Gasteiger partial charge is 0.302 e. The van der Waals surface area contributed by atoms with Crippen molar-refractivity contribution in [3.8, 4) is 0 Å². The predicted molar refractivity (Wildman–Crippen MR) is 137 cm³/mol. The SMILES string of the molecule is CC(=O)O[C@@H]1CC[C@]2(C)[C@@H]3CC[C@]4(C)[C@H](CC[C@@H]4[C@H](C)CCCC(C)C)[C@H]3C(=O)[C@H](Br)[C@H]2C1. The van der Waals surface area contributed by atoms with Crippen molar-refractivity contribution in [1.29, 1.82) is 0 Å². The maximum Gasteiger partial charge on any atom is 0.302 e. The van der Waals surface area contributed by atoms with Gasteiger partial charge in [-0.2, -0.15) is 0 Å². The number of esters is 1. The van der Waals surface area contributed by atoms with Gasteiger partial charge in [0.15, 0.2) is 0 Å². The van der Waals surface area contributed by atoms with E-state index < -0.39 is 0 Å². The molecular weight excluding hydrogens is 476 g/mol. The van der Waals surface area contributed by atoms with Crippen molar-refractivity contribution in [1.82, 2.24) is 0 Å². The Kier molecular flexibility index (Phi) is 7.46. The minimum Gasteiger partial charge on any atom is -0.463 e. The summed E-state index contributed by atoms with van der Waals surface area (Å²) in [4.78, 5) is 25.4. The number of alkyl halides is 1. The maximum absolute atomic E-state index is 13.9. The Morgan fingerprint density at radius 2 is 1.67 bits per heavy atom. The molecule has 4 aliphatic rings. The number of rotatable bonds is 6. The summed E-state index contributed by atoms with van der Waals surface area (Å²) in [6.45, 7) is 13.7. The second-order valence-electron chi connectivity index (χ2n) is 13.2. The third kappa shape index (κ3) is 4.49. The quantitative estimate of drug-likeness (QED) is 0.266. The van der Waals surface area contributed by atoms with E-state index in [0.29, 0.717) is 23.0 Å². The number of ketones is 1. The summed E-state index contributed by atoms with van der Waals surface area (Å²) < 4.78 is 5.61. The fourth-order valence-electron chi connectivity index (χ4n) is 9.27. The molecule has 4 saturated carbocycles. The third-order valence-corrected chi connectivity index (χ3v) is 12.1. The number of hydrogen-bond donors (Lipinski definition) is 0. The number of Topliss-reactive ketones (excluding diaryl/α,β-unsaturated/α-hetero) is 1. The molecule has 188 valence electrons. The molecule has 0 radical (unpaired) electrons. The normalized spacial score (nSPS) is 45.8. The van der Waals surface area contributed by atoms with E-state index in [1.807, 2.05) is 0 Å². The highest BCUT2D eigenvalue weighted by Crippen LogP contribution is 2.68. The number of ether oxygens (including phenoxy) is 1. The lowest BCUT2D eigenvalue weighted by Gasteiger charge is -2.61. The number of hydrogen-bond acceptors (Lipinski definition) is 3. The molecular formula is C29H47BrO3. The highest BCUT2D eigenvalue weighted by molar-refractivity contribution is 9.10. The molecule has 0 N–H and O–H groups in total. The second kappa shape index (κ2) is 9.58. The van der Waals surface area contributed by atoms with E-state index >= 15 is 0 Å². The van der Waals surface area contributed by atoms with Gasteiger partial charge in [0.2, 0.25) is 0 Å². The Hall–Kier alpha value is -0.380. The minimum atomic E-state index is -0.192. The molecule has 4 aliphatic carbocycles. The Morgan fingerprint density at radius 3 is 2.33 bits per heavy atom. The van der Waals surface area contributed by atoms with Gasteiger partial charge in [-0.15, -0.1) is 0 Å². The lowest BCUT2D eigenvalue weighted by molar-refractivity contribution is -0.166. The van der Waals surface area contributed by atoms with Crippen molar-refractivity contribution in [2.24, 2.45) is 52.3 Å². The zero-order valence-corrected chi connectivity index (χ0v) is 23.5. The fraction of sp³-hybridized carbons (Fsp3) is 0.931. The van der Waals surface area contributed by atoms with Crippen LogP contribution < -0.4 is 0 Å². The molecule has 0 bridgehead atoms. The van der Waals surface area contributed by atoms with Crippen LogP contribution in [0.1, 0.15) is 106 Å². The van der Waals surface area contributed by atoms with Crippen LogP contribution in [0, 0.1) is 52.3 Å². The van der Waals surface area contributed by atoms with Crippen LogP contribution in [0.5, 0.6) is 0 Å². The van der Waals surface area contributed by atoms with E-state index in [1.165, 1.54) is 51.9 Å². The number of carbonyl (C=O) groups excluding carboxylic acids is 2. The largest absolute Gasteiger partial charge is 0.463 e. The van der Waals surface area contributed by atoms with Gasteiger partial charge in [0.1, 0.15) is 11.9 Å². The van der Waals surface area contributed by atoms with E-state index in [4.69, 9.17) is 4.74 Å². The van der Waals surface area contributed by atoms with Crippen molar-refractivity contribution >= 4 is 27.7 Å². The summed E-state index contributed by atoms with van der Waals surface area (Å²) in [7, 11) is 0. The van der Waals surface area contributed by atoms with Gasteiger partial charge in [-0.05, 0) is 91.3 Å². The summed E-state index contributed by atoms with van der Waals surface area (Å²) in [6, 6.07) is 0. The first-order valence-electron chi connectivity index (χ1n) is 13.8. The average Bonchev–Trinajstić information content (AvgIpc) is 3.09. The molecule has 3 nitrogen and oxygen atoms in total. The molecule has 0 heterocycles. The first kappa shape index (κ1) is 25.7. The lowest BCUT2D eigenvalue weighted by atomic mass is 9.44. The molecule has 0 aliphatic heterocycles. The van der Waals surface area contributed by atoms with E-state index in [2.05, 4.69) is 50.5 Å². The van der Waals surface area contributed by atoms with Gasteiger partial charge in [-0.25, -0.2) is 0 Å². The molecule has 0 amide bonds. The average molecular weight is 524 g/mol. The van der Waals surface area contributed by atoms with Crippen molar-refractivity contribution < 1.29 is 14.3 Å². The Bertz CT molecular complexity index is 749. The van der Waals surface area contributed by atoms with Crippen LogP contribution in [0.4, 0.5) is 0 Å². The number of carbonyl (C=O) groups is 2. The standard InChI is InChI=1S/C29H47BrO3/c1-17(2)8-7-9-18(3)21-10-11-22-25-23(13-15-28(21,22)5)29(6)14-12-20(33-19(4)31)16-24(29)26(30)27(25)32/h17-18,20-26H,7-16H2,1-6H3/t18-,20-,21-,22-,23-,24-,25-,26-,28+,29-/m1/s1. The summed E-state index contributed by atoms with van der Waals surface area (Å²) in [5.74, 6) is 4.13. The van der Waals surface area contributed by atoms with Crippen molar-refractivity contribution in [3.05, 3.63) is 0 Å². The highest BCUT2D eigenvalue weighted by Gasteiger charge is 2.65.